The third-order valence-electron chi connectivity index (χ3n) is 1.58. The van der Waals surface area contributed by atoms with E-state index in [0.717, 1.165) is 5.01 Å². The lowest BCUT2D eigenvalue weighted by molar-refractivity contribution is 0.399. The average molecular weight is 198 g/mol. The van der Waals surface area contributed by atoms with E-state index in [2.05, 4.69) is 25.8 Å². The zero-order valence-electron chi connectivity index (χ0n) is 8.34. The normalized spacial score (nSPS) is 11.4. The highest BCUT2D eigenvalue weighted by Gasteiger charge is 2.19. The largest absolute Gasteiger partial charge is 0.480 e. The molecular weight excluding hydrogens is 184 g/mol. The quantitative estimate of drug-likeness (QED) is 0.556. The Hall–Kier alpha value is -0.900. The summed E-state index contributed by atoms with van der Waals surface area (Å²) in [6.45, 7) is 6.31. The van der Waals surface area contributed by atoms with Gasteiger partial charge in [0.25, 0.3) is 0 Å². The summed E-state index contributed by atoms with van der Waals surface area (Å²) in [6.07, 6.45) is 0. The van der Waals surface area contributed by atoms with Gasteiger partial charge in [-0.05, 0) is 0 Å². The fraction of sp³-hybridized carbons (Fsp3) is 0.556. The van der Waals surface area contributed by atoms with Crippen LogP contribution in [-0.4, -0.2) is 18.0 Å². The van der Waals surface area contributed by atoms with Gasteiger partial charge in [0, 0.05) is 10.8 Å². The third kappa shape index (κ3) is 2.28. The molecule has 1 aromatic rings. The van der Waals surface area contributed by atoms with Crippen molar-refractivity contribution in [1.82, 2.24) is 4.98 Å². The minimum Gasteiger partial charge on any atom is -0.480 e. The molecule has 0 aliphatic rings. The summed E-state index contributed by atoms with van der Waals surface area (Å²) in [6, 6.07) is 0. The molecular formula is C9H14N2OS. The van der Waals surface area contributed by atoms with Gasteiger partial charge in [0.1, 0.15) is 5.69 Å². The van der Waals surface area contributed by atoms with Crippen LogP contribution in [0.5, 0.6) is 0 Å². The molecule has 0 radical (unpaired) electrons. The predicted octanol–water partition coefficient (Wildman–Crippen LogP) is 2.41. The van der Waals surface area contributed by atoms with E-state index in [9.17, 15) is 0 Å². The van der Waals surface area contributed by atoms with Gasteiger partial charge in [0.15, 0.2) is 0 Å². The number of hydrogen-bond donors (Lipinski definition) is 1. The molecule has 1 N–H and O–H groups in total. The van der Waals surface area contributed by atoms with Crippen LogP contribution in [0.1, 0.15) is 31.5 Å². The Bertz CT molecular complexity index is 312. The van der Waals surface area contributed by atoms with Crippen molar-refractivity contribution >= 4 is 17.2 Å². The lowest BCUT2D eigenvalue weighted by Gasteiger charge is -2.13. The summed E-state index contributed by atoms with van der Waals surface area (Å²) >= 11 is 1.57. The molecule has 13 heavy (non-hydrogen) atoms. The van der Waals surface area contributed by atoms with E-state index < -0.39 is 0 Å². The van der Waals surface area contributed by atoms with Crippen molar-refractivity contribution in [2.45, 2.75) is 26.2 Å². The summed E-state index contributed by atoms with van der Waals surface area (Å²) in [7, 11) is 1.48. The Morgan fingerprint density at radius 2 is 2.15 bits per heavy atom. The van der Waals surface area contributed by atoms with E-state index in [-0.39, 0.29) is 11.3 Å². The fourth-order valence-electron chi connectivity index (χ4n) is 0.827. The number of nitrogens with one attached hydrogen (secondary N) is 1. The van der Waals surface area contributed by atoms with Gasteiger partial charge in [-0.1, -0.05) is 20.8 Å². The molecule has 0 unspecified atom stereocenters. The molecule has 1 heterocycles. The first-order chi connectivity index (χ1) is 5.95. The van der Waals surface area contributed by atoms with Crippen LogP contribution in [0.2, 0.25) is 0 Å². The molecule has 0 aliphatic carbocycles. The topological polar surface area (TPSA) is 46.0 Å². The predicted molar refractivity (Wildman–Crippen MR) is 54.7 cm³/mol. The molecule has 0 saturated carbocycles. The Morgan fingerprint density at radius 3 is 2.54 bits per heavy atom. The molecule has 0 saturated heterocycles. The van der Waals surface area contributed by atoms with Crippen LogP contribution in [0.15, 0.2) is 5.38 Å². The van der Waals surface area contributed by atoms with Gasteiger partial charge in [-0.3, -0.25) is 5.41 Å². The van der Waals surface area contributed by atoms with Crippen LogP contribution in [0.3, 0.4) is 0 Å². The number of rotatable bonds is 1. The Kier molecular flexibility index (Phi) is 2.71. The monoisotopic (exact) mass is 198 g/mol. The lowest BCUT2D eigenvalue weighted by atomic mass is 9.98. The SMILES string of the molecule is COC(=N)c1csc(C(C)(C)C)n1. The van der Waals surface area contributed by atoms with E-state index in [1.54, 1.807) is 11.3 Å². The summed E-state index contributed by atoms with van der Waals surface area (Å²) in [4.78, 5) is 4.32. The van der Waals surface area contributed by atoms with Crippen LogP contribution >= 0.6 is 11.3 Å². The van der Waals surface area contributed by atoms with Gasteiger partial charge in [-0.25, -0.2) is 4.98 Å². The average Bonchev–Trinajstić information content (AvgIpc) is 2.50. The van der Waals surface area contributed by atoms with Crippen LogP contribution in [0.4, 0.5) is 0 Å². The van der Waals surface area contributed by atoms with E-state index in [1.165, 1.54) is 7.11 Å². The van der Waals surface area contributed by atoms with Gasteiger partial charge in [-0.15, -0.1) is 11.3 Å². The Balaban J connectivity index is 2.93. The van der Waals surface area contributed by atoms with Crippen LogP contribution in [0, 0.1) is 5.41 Å². The maximum atomic E-state index is 7.42. The number of ether oxygens (including phenoxy) is 1. The number of hydrogen-bond acceptors (Lipinski definition) is 4. The van der Waals surface area contributed by atoms with Crippen LogP contribution in [0.25, 0.3) is 0 Å². The Labute approximate surface area is 82.3 Å². The van der Waals surface area contributed by atoms with Crippen molar-refractivity contribution in [2.24, 2.45) is 0 Å². The molecule has 1 rings (SSSR count). The van der Waals surface area contributed by atoms with Crippen molar-refractivity contribution in [1.29, 1.82) is 5.41 Å². The minimum absolute atomic E-state index is 0.0525. The summed E-state index contributed by atoms with van der Waals surface area (Å²) in [5.41, 5.74) is 0.675. The molecule has 3 nitrogen and oxygen atoms in total. The highest BCUT2D eigenvalue weighted by Crippen LogP contribution is 2.25. The number of thiazole rings is 1. The maximum absolute atomic E-state index is 7.42. The Morgan fingerprint density at radius 1 is 1.54 bits per heavy atom. The van der Waals surface area contributed by atoms with Crippen LogP contribution in [-0.2, 0) is 10.2 Å². The molecule has 4 heteroatoms. The van der Waals surface area contributed by atoms with Gasteiger partial charge >= 0.3 is 0 Å². The van der Waals surface area contributed by atoms with Crippen molar-refractivity contribution in [2.75, 3.05) is 7.11 Å². The molecule has 0 spiro atoms. The summed E-state index contributed by atoms with van der Waals surface area (Å²) in [5.74, 6) is 0.131. The van der Waals surface area contributed by atoms with E-state index in [4.69, 9.17) is 10.1 Å². The zero-order chi connectivity index (χ0) is 10.1. The lowest BCUT2D eigenvalue weighted by Crippen LogP contribution is -2.11. The highest BCUT2D eigenvalue weighted by molar-refractivity contribution is 7.10. The first kappa shape index (κ1) is 10.2. The summed E-state index contributed by atoms with van der Waals surface area (Å²) < 4.78 is 4.79. The second-order valence-corrected chi connectivity index (χ2v) is 4.68. The summed E-state index contributed by atoms with van der Waals surface area (Å²) in [5, 5.41) is 10.3. The molecule has 0 fully saturated rings. The highest BCUT2D eigenvalue weighted by atomic mass is 32.1. The number of aromatic nitrogens is 1. The van der Waals surface area contributed by atoms with Crippen molar-refractivity contribution in [3.63, 3.8) is 0 Å². The molecule has 0 bridgehead atoms. The van der Waals surface area contributed by atoms with Gasteiger partial charge in [0.2, 0.25) is 5.90 Å². The molecule has 0 atom stereocenters. The van der Waals surface area contributed by atoms with E-state index in [0.29, 0.717) is 5.69 Å². The first-order valence-electron chi connectivity index (χ1n) is 4.04. The second-order valence-electron chi connectivity index (χ2n) is 3.82. The molecule has 0 aromatic carbocycles. The van der Waals surface area contributed by atoms with E-state index in [1.807, 2.05) is 5.38 Å². The van der Waals surface area contributed by atoms with Crippen molar-refractivity contribution in [3.8, 4) is 0 Å². The zero-order valence-corrected chi connectivity index (χ0v) is 9.16. The number of nitrogens with zero attached hydrogens (tertiary/aromatic N) is 1. The van der Waals surface area contributed by atoms with E-state index >= 15 is 0 Å². The fourth-order valence-corrected chi connectivity index (χ4v) is 1.71. The van der Waals surface area contributed by atoms with Gasteiger partial charge in [-0.2, -0.15) is 0 Å². The minimum atomic E-state index is 0.0525. The van der Waals surface area contributed by atoms with Crippen LogP contribution < -0.4 is 0 Å². The van der Waals surface area contributed by atoms with Crippen molar-refractivity contribution < 1.29 is 4.74 Å². The van der Waals surface area contributed by atoms with Gasteiger partial charge < -0.3 is 4.74 Å². The number of methoxy groups -OCH3 is 1. The molecule has 0 aliphatic heterocycles. The molecule has 1 aromatic heterocycles. The third-order valence-corrected chi connectivity index (χ3v) is 2.85. The van der Waals surface area contributed by atoms with Gasteiger partial charge in [0.05, 0.1) is 12.1 Å². The first-order valence-corrected chi connectivity index (χ1v) is 4.92. The standard InChI is InChI=1S/C9H14N2OS/c1-9(2,3)8-11-6(5-13-8)7(10)12-4/h5,10H,1-4H3. The smallest absolute Gasteiger partial charge is 0.233 e. The maximum Gasteiger partial charge on any atom is 0.233 e. The van der Waals surface area contributed by atoms with Crippen molar-refractivity contribution in [3.05, 3.63) is 16.1 Å². The second kappa shape index (κ2) is 3.46. The molecule has 0 amide bonds. The molecule has 72 valence electrons.